The number of nitrogens with zero attached hydrogens (tertiary/aromatic N) is 1. The second kappa shape index (κ2) is 11.9. The molecule has 0 radical (unpaired) electrons. The highest BCUT2D eigenvalue weighted by molar-refractivity contribution is 5.98. The van der Waals surface area contributed by atoms with Crippen molar-refractivity contribution < 1.29 is 19.1 Å². The van der Waals surface area contributed by atoms with E-state index in [2.05, 4.69) is 10.6 Å². The number of nitrogen functional groups attached to an aromatic ring is 1. The van der Waals surface area contributed by atoms with Crippen molar-refractivity contribution in [1.29, 1.82) is 5.41 Å². The molecule has 0 aliphatic heterocycles. The molecule has 3 rings (SSSR count). The van der Waals surface area contributed by atoms with Crippen LogP contribution in [0.25, 0.3) is 0 Å². The molecular weight excluding hydrogens is 470 g/mol. The zero-order valence-electron chi connectivity index (χ0n) is 21.8. The van der Waals surface area contributed by atoms with Crippen LogP contribution in [0.4, 0.5) is 11.4 Å². The standard InChI is InChI=1S/C28H33N5O4/c1-17-8-6-7-9-22(17)32-26(34)16-33(3)23-12-19(27(29)30)10-11-20(23)15-31-28(35)21-13-24(36-4)18(2)25(14-21)37-5/h6-14H,15-16H2,1-5H3,(H3,29,30)(H,31,35)(H,32,34). The molecule has 5 N–H and O–H groups in total. The summed E-state index contributed by atoms with van der Waals surface area (Å²) in [5.41, 5.74) is 10.6. The first-order chi connectivity index (χ1) is 17.6. The zero-order chi connectivity index (χ0) is 27.1. The molecule has 2 amide bonds. The van der Waals surface area contributed by atoms with Crippen molar-refractivity contribution in [3.05, 3.63) is 82.4 Å². The quantitative estimate of drug-likeness (QED) is 0.247. The summed E-state index contributed by atoms with van der Waals surface area (Å²) in [4.78, 5) is 27.5. The van der Waals surface area contributed by atoms with E-state index < -0.39 is 0 Å². The van der Waals surface area contributed by atoms with Gasteiger partial charge in [-0.25, -0.2) is 0 Å². The van der Waals surface area contributed by atoms with Gasteiger partial charge in [-0.15, -0.1) is 0 Å². The largest absolute Gasteiger partial charge is 0.496 e. The summed E-state index contributed by atoms with van der Waals surface area (Å²) >= 11 is 0. The van der Waals surface area contributed by atoms with E-state index in [1.54, 1.807) is 42.3 Å². The predicted octanol–water partition coefficient (Wildman–Crippen LogP) is 3.61. The molecule has 194 valence electrons. The van der Waals surface area contributed by atoms with Crippen molar-refractivity contribution in [2.75, 3.05) is 38.0 Å². The smallest absolute Gasteiger partial charge is 0.251 e. The molecule has 0 aliphatic rings. The number of methoxy groups -OCH3 is 2. The van der Waals surface area contributed by atoms with Crippen LogP contribution < -0.4 is 30.7 Å². The van der Waals surface area contributed by atoms with Crippen LogP contribution in [-0.4, -0.2) is 45.5 Å². The van der Waals surface area contributed by atoms with Gasteiger partial charge < -0.3 is 30.7 Å². The summed E-state index contributed by atoms with van der Waals surface area (Å²) in [6, 6.07) is 16.1. The van der Waals surface area contributed by atoms with Gasteiger partial charge in [0.1, 0.15) is 17.3 Å². The third-order valence-corrected chi connectivity index (χ3v) is 6.06. The molecule has 9 nitrogen and oxygen atoms in total. The monoisotopic (exact) mass is 503 g/mol. The molecule has 3 aromatic carbocycles. The average Bonchev–Trinajstić information content (AvgIpc) is 2.88. The summed E-state index contributed by atoms with van der Waals surface area (Å²) in [6.07, 6.45) is 0. The lowest BCUT2D eigenvalue weighted by atomic mass is 10.1. The Labute approximate surface area is 217 Å². The molecule has 0 bridgehead atoms. The minimum absolute atomic E-state index is 0.0585. The number of ether oxygens (including phenoxy) is 2. The molecular formula is C28H33N5O4. The molecule has 0 aliphatic carbocycles. The van der Waals surface area contributed by atoms with Crippen molar-refractivity contribution in [2.45, 2.75) is 20.4 Å². The van der Waals surface area contributed by atoms with Gasteiger partial charge in [-0.2, -0.15) is 0 Å². The number of para-hydroxylation sites is 1. The molecule has 0 spiro atoms. The number of benzene rings is 3. The van der Waals surface area contributed by atoms with E-state index >= 15 is 0 Å². The first-order valence-electron chi connectivity index (χ1n) is 11.7. The van der Waals surface area contributed by atoms with E-state index in [1.165, 1.54) is 14.2 Å². The van der Waals surface area contributed by atoms with Gasteiger partial charge in [0.2, 0.25) is 5.91 Å². The van der Waals surface area contributed by atoms with Gasteiger partial charge in [0.25, 0.3) is 5.91 Å². The second-order valence-corrected chi connectivity index (χ2v) is 8.66. The maximum atomic E-state index is 13.0. The van der Waals surface area contributed by atoms with E-state index in [0.29, 0.717) is 28.3 Å². The highest BCUT2D eigenvalue weighted by atomic mass is 16.5. The van der Waals surface area contributed by atoms with Crippen LogP contribution in [0.15, 0.2) is 54.6 Å². The van der Waals surface area contributed by atoms with E-state index in [4.69, 9.17) is 20.6 Å². The fourth-order valence-corrected chi connectivity index (χ4v) is 3.93. The van der Waals surface area contributed by atoms with Gasteiger partial charge in [0.05, 0.1) is 20.8 Å². The van der Waals surface area contributed by atoms with Crippen molar-refractivity contribution in [2.24, 2.45) is 5.73 Å². The molecule has 3 aromatic rings. The van der Waals surface area contributed by atoms with Crippen LogP contribution in [0.3, 0.4) is 0 Å². The molecule has 0 saturated carbocycles. The normalized spacial score (nSPS) is 10.4. The number of nitrogens with two attached hydrogens (primary N) is 1. The molecule has 0 saturated heterocycles. The number of nitrogens with one attached hydrogen (secondary N) is 3. The first kappa shape index (κ1) is 27.1. The van der Waals surface area contributed by atoms with Gasteiger partial charge in [-0.1, -0.05) is 30.3 Å². The van der Waals surface area contributed by atoms with E-state index in [-0.39, 0.29) is 30.7 Å². The number of hydrogen-bond donors (Lipinski definition) is 4. The molecule has 9 heteroatoms. The fourth-order valence-electron chi connectivity index (χ4n) is 3.93. The first-order valence-corrected chi connectivity index (χ1v) is 11.7. The van der Waals surface area contributed by atoms with Crippen LogP contribution in [0, 0.1) is 19.3 Å². The topological polar surface area (TPSA) is 130 Å². The number of carbonyl (C=O) groups excluding carboxylic acids is 2. The Kier molecular flexibility index (Phi) is 8.73. The minimum Gasteiger partial charge on any atom is -0.496 e. The third kappa shape index (κ3) is 6.58. The lowest BCUT2D eigenvalue weighted by molar-refractivity contribution is -0.114. The summed E-state index contributed by atoms with van der Waals surface area (Å²) in [5, 5.41) is 13.7. The maximum absolute atomic E-state index is 13.0. The van der Waals surface area contributed by atoms with Crippen molar-refractivity contribution >= 4 is 29.0 Å². The number of anilines is 2. The van der Waals surface area contributed by atoms with Crippen LogP contribution in [0.5, 0.6) is 11.5 Å². The predicted molar refractivity (Wildman–Crippen MR) is 146 cm³/mol. The Hall–Kier alpha value is -4.53. The Morgan fingerprint density at radius 2 is 1.62 bits per heavy atom. The summed E-state index contributed by atoms with van der Waals surface area (Å²) < 4.78 is 10.8. The highest BCUT2D eigenvalue weighted by Gasteiger charge is 2.17. The van der Waals surface area contributed by atoms with Gasteiger partial charge >= 0.3 is 0 Å². The number of likely N-dealkylation sites (N-methyl/N-ethyl adjacent to an activating group) is 1. The fraction of sp³-hybridized carbons (Fsp3) is 0.250. The lowest BCUT2D eigenvalue weighted by Crippen LogP contribution is -2.32. The van der Waals surface area contributed by atoms with Gasteiger partial charge in [-0.05, 0) is 49.2 Å². The van der Waals surface area contributed by atoms with Crippen LogP contribution in [0.1, 0.15) is 32.6 Å². The van der Waals surface area contributed by atoms with E-state index in [0.717, 1.165) is 22.4 Å². The SMILES string of the molecule is COc1cc(C(=O)NCc2ccc(C(=N)N)cc2N(C)CC(=O)Nc2ccccc2C)cc(OC)c1C. The average molecular weight is 504 g/mol. The molecule has 0 unspecified atom stereocenters. The molecule has 0 atom stereocenters. The van der Waals surface area contributed by atoms with Crippen molar-refractivity contribution in [3.8, 4) is 11.5 Å². The highest BCUT2D eigenvalue weighted by Crippen LogP contribution is 2.29. The number of carbonyl (C=O) groups is 2. The van der Waals surface area contributed by atoms with Gasteiger partial charge in [-0.3, -0.25) is 15.0 Å². The number of amides is 2. The van der Waals surface area contributed by atoms with Crippen molar-refractivity contribution in [3.63, 3.8) is 0 Å². The molecule has 0 fully saturated rings. The number of amidine groups is 1. The molecule has 0 aromatic heterocycles. The van der Waals surface area contributed by atoms with Gasteiger partial charge in [0.15, 0.2) is 0 Å². The molecule has 37 heavy (non-hydrogen) atoms. The number of aryl methyl sites for hydroxylation is 1. The maximum Gasteiger partial charge on any atom is 0.251 e. The lowest BCUT2D eigenvalue weighted by Gasteiger charge is -2.23. The Bertz CT molecular complexity index is 1300. The Morgan fingerprint density at radius 1 is 0.973 bits per heavy atom. The number of hydrogen-bond acceptors (Lipinski definition) is 6. The third-order valence-electron chi connectivity index (χ3n) is 6.06. The van der Waals surface area contributed by atoms with E-state index in [9.17, 15) is 9.59 Å². The van der Waals surface area contributed by atoms with Crippen LogP contribution in [-0.2, 0) is 11.3 Å². The minimum atomic E-state index is -0.307. The van der Waals surface area contributed by atoms with Gasteiger partial charge in [0, 0.05) is 41.7 Å². The number of rotatable bonds is 10. The van der Waals surface area contributed by atoms with E-state index in [1.807, 2.05) is 38.1 Å². The summed E-state index contributed by atoms with van der Waals surface area (Å²) in [6.45, 7) is 4.03. The second-order valence-electron chi connectivity index (χ2n) is 8.66. The summed E-state index contributed by atoms with van der Waals surface area (Å²) in [7, 11) is 4.85. The Balaban J connectivity index is 1.80. The van der Waals surface area contributed by atoms with Crippen LogP contribution >= 0.6 is 0 Å². The molecule has 0 heterocycles. The Morgan fingerprint density at radius 3 is 2.22 bits per heavy atom. The van der Waals surface area contributed by atoms with Crippen molar-refractivity contribution in [1.82, 2.24) is 5.32 Å². The van der Waals surface area contributed by atoms with Crippen LogP contribution in [0.2, 0.25) is 0 Å². The summed E-state index contributed by atoms with van der Waals surface area (Å²) in [5.74, 6) is 0.510. The zero-order valence-corrected chi connectivity index (χ0v) is 21.8.